The van der Waals surface area contributed by atoms with Crippen LogP contribution in [0.25, 0.3) is 0 Å². The lowest BCUT2D eigenvalue weighted by molar-refractivity contribution is 0.0589. The number of hydrogen-bond acceptors (Lipinski definition) is 4. The maximum Gasteiger partial charge on any atom is 0.338 e. The first kappa shape index (κ1) is 20.9. The first-order valence-corrected chi connectivity index (χ1v) is 12.5. The molecule has 0 saturated carbocycles. The van der Waals surface area contributed by atoms with Crippen LogP contribution in [0.3, 0.4) is 0 Å². The van der Waals surface area contributed by atoms with Crippen molar-refractivity contribution in [2.45, 2.75) is 77.0 Å². The van der Waals surface area contributed by atoms with E-state index in [1.54, 1.807) is 0 Å². The number of carbonyl (C=O) groups excluding carboxylic acids is 2. The largest absolute Gasteiger partial charge is 0.465 e. The van der Waals surface area contributed by atoms with Crippen LogP contribution in [0.15, 0.2) is 12.1 Å². The first-order valence-electron chi connectivity index (χ1n) is 12.5. The summed E-state index contributed by atoms with van der Waals surface area (Å²) in [5.74, 6) is -0.355. The summed E-state index contributed by atoms with van der Waals surface area (Å²) in [5.41, 5.74) is 12.0. The Balaban J connectivity index is 1.44. The van der Waals surface area contributed by atoms with Crippen molar-refractivity contribution in [3.8, 4) is 0 Å². The molecular formula is C29H32O4. The Morgan fingerprint density at radius 3 is 1.45 bits per heavy atom. The van der Waals surface area contributed by atoms with Crippen LogP contribution in [0.1, 0.15) is 90.9 Å². The minimum absolute atomic E-state index is 0.0457. The Morgan fingerprint density at radius 1 is 0.606 bits per heavy atom. The fourth-order valence-corrected chi connectivity index (χ4v) is 7.38. The van der Waals surface area contributed by atoms with Crippen LogP contribution >= 0.6 is 0 Å². The van der Waals surface area contributed by atoms with Crippen LogP contribution in [-0.4, -0.2) is 26.2 Å². The number of esters is 2. The van der Waals surface area contributed by atoms with Gasteiger partial charge in [0.1, 0.15) is 0 Å². The maximum atomic E-state index is 12.9. The molecule has 0 fully saturated rings. The van der Waals surface area contributed by atoms with E-state index in [2.05, 4.69) is 12.1 Å². The van der Waals surface area contributed by atoms with Crippen molar-refractivity contribution in [3.63, 3.8) is 0 Å². The summed E-state index contributed by atoms with van der Waals surface area (Å²) < 4.78 is 10.5. The van der Waals surface area contributed by atoms with Gasteiger partial charge in [0, 0.05) is 0 Å². The van der Waals surface area contributed by atoms with Crippen molar-refractivity contribution in [1.82, 2.24) is 0 Å². The van der Waals surface area contributed by atoms with E-state index in [1.807, 2.05) is 0 Å². The number of methoxy groups -OCH3 is 2. The number of ether oxygens (including phenoxy) is 2. The molecule has 4 aliphatic rings. The Hall–Kier alpha value is -2.62. The summed E-state index contributed by atoms with van der Waals surface area (Å²) in [5, 5.41) is 0. The highest BCUT2D eigenvalue weighted by atomic mass is 16.5. The van der Waals surface area contributed by atoms with Crippen LogP contribution in [0.4, 0.5) is 0 Å². The second-order valence-electron chi connectivity index (χ2n) is 10.7. The van der Waals surface area contributed by atoms with Crippen LogP contribution in [0, 0.1) is 5.41 Å². The van der Waals surface area contributed by atoms with Gasteiger partial charge in [0.25, 0.3) is 0 Å². The lowest BCUT2D eigenvalue weighted by Gasteiger charge is -2.23. The lowest BCUT2D eigenvalue weighted by atomic mass is 9.81. The molecule has 0 heterocycles. The zero-order valence-electron chi connectivity index (χ0n) is 19.8. The molecule has 0 aromatic heterocycles. The molecule has 1 spiro atoms. The van der Waals surface area contributed by atoms with Gasteiger partial charge in [-0.3, -0.25) is 0 Å². The highest BCUT2D eigenvalue weighted by Gasteiger charge is 2.46. The molecule has 2 aromatic carbocycles. The molecule has 2 aromatic rings. The molecule has 4 nitrogen and oxygen atoms in total. The van der Waals surface area contributed by atoms with Gasteiger partial charge in [0.2, 0.25) is 0 Å². The van der Waals surface area contributed by atoms with E-state index >= 15 is 0 Å². The topological polar surface area (TPSA) is 52.6 Å². The molecule has 0 unspecified atom stereocenters. The highest BCUT2D eigenvalue weighted by molar-refractivity contribution is 5.95. The number of fused-ring (bicyclic) bond motifs is 4. The first-order chi connectivity index (χ1) is 16.0. The summed E-state index contributed by atoms with van der Waals surface area (Å²) >= 11 is 0. The molecular weight excluding hydrogens is 412 g/mol. The molecule has 0 saturated heterocycles. The fourth-order valence-electron chi connectivity index (χ4n) is 7.38. The molecule has 0 radical (unpaired) electrons. The number of carbonyl (C=O) groups is 2. The fraction of sp³-hybridized carbons (Fsp3) is 0.517. The predicted octanol–water partition coefficient (Wildman–Crippen LogP) is 4.90. The van der Waals surface area contributed by atoms with Gasteiger partial charge in [-0.15, -0.1) is 0 Å². The number of rotatable bonds is 2. The monoisotopic (exact) mass is 444 g/mol. The van der Waals surface area contributed by atoms with Crippen LogP contribution in [-0.2, 0) is 60.8 Å². The molecule has 0 amide bonds. The maximum absolute atomic E-state index is 12.9. The van der Waals surface area contributed by atoms with E-state index in [1.165, 1.54) is 71.6 Å². The van der Waals surface area contributed by atoms with Gasteiger partial charge in [-0.1, -0.05) is 12.1 Å². The Morgan fingerprint density at radius 2 is 1.03 bits per heavy atom. The van der Waals surface area contributed by atoms with E-state index in [4.69, 9.17) is 9.47 Å². The van der Waals surface area contributed by atoms with Gasteiger partial charge in [-0.05, 0) is 127 Å². The molecule has 6 rings (SSSR count). The van der Waals surface area contributed by atoms with E-state index in [0.29, 0.717) is 0 Å². The average molecular weight is 445 g/mol. The smallest absolute Gasteiger partial charge is 0.338 e. The van der Waals surface area contributed by atoms with Crippen molar-refractivity contribution in [3.05, 3.63) is 67.8 Å². The molecule has 33 heavy (non-hydrogen) atoms. The number of benzene rings is 2. The molecule has 4 aliphatic carbocycles. The molecule has 172 valence electrons. The van der Waals surface area contributed by atoms with E-state index in [9.17, 15) is 9.59 Å². The van der Waals surface area contributed by atoms with Gasteiger partial charge in [0.15, 0.2) is 0 Å². The van der Waals surface area contributed by atoms with Crippen molar-refractivity contribution < 1.29 is 19.1 Å². The highest BCUT2D eigenvalue weighted by Crippen LogP contribution is 2.51. The third-order valence-electron chi connectivity index (χ3n) is 8.71. The normalized spacial score (nSPS) is 19.5. The summed E-state index contributed by atoms with van der Waals surface area (Å²) in [4.78, 5) is 25.9. The van der Waals surface area contributed by atoms with Gasteiger partial charge < -0.3 is 9.47 Å². The lowest BCUT2D eigenvalue weighted by Crippen LogP contribution is -2.22. The summed E-state index contributed by atoms with van der Waals surface area (Å²) in [6.45, 7) is 0. The minimum atomic E-state index is -0.178. The molecule has 0 N–H and O–H groups in total. The second kappa shape index (κ2) is 7.72. The molecule has 0 atom stereocenters. The number of hydrogen-bond donors (Lipinski definition) is 0. The quantitative estimate of drug-likeness (QED) is 0.618. The van der Waals surface area contributed by atoms with Gasteiger partial charge in [-0.25, -0.2) is 9.59 Å². The van der Waals surface area contributed by atoms with Crippen molar-refractivity contribution >= 4 is 11.9 Å². The zero-order valence-corrected chi connectivity index (χ0v) is 19.8. The van der Waals surface area contributed by atoms with Crippen LogP contribution < -0.4 is 0 Å². The minimum Gasteiger partial charge on any atom is -0.465 e. The van der Waals surface area contributed by atoms with Gasteiger partial charge in [-0.2, -0.15) is 0 Å². The predicted molar refractivity (Wildman–Crippen MR) is 126 cm³/mol. The molecule has 0 bridgehead atoms. The van der Waals surface area contributed by atoms with Crippen molar-refractivity contribution in [2.24, 2.45) is 5.41 Å². The van der Waals surface area contributed by atoms with Crippen LogP contribution in [0.5, 0.6) is 0 Å². The summed E-state index contributed by atoms with van der Waals surface area (Å²) in [6, 6.07) is 4.78. The Kier molecular flexibility index (Phi) is 4.90. The summed E-state index contributed by atoms with van der Waals surface area (Å²) in [6.07, 6.45) is 12.4. The Bertz CT molecular complexity index is 1100. The third-order valence-corrected chi connectivity index (χ3v) is 8.71. The van der Waals surface area contributed by atoms with Crippen LogP contribution in [0.2, 0.25) is 0 Å². The third kappa shape index (κ3) is 3.17. The second-order valence-corrected chi connectivity index (χ2v) is 10.7. The average Bonchev–Trinajstić information content (AvgIpc) is 3.37. The standard InChI is InChI=1S/C29H32O4/c1-32-27(30)25-21-9-5-3-7-17(21)11-19-13-29(15-23(19)25)14-20-12-18-8-4-6-10-22(18)26(24(20)16-29)28(31)33-2/h11-12H,3-10,13-16H2,1-2H3. The summed E-state index contributed by atoms with van der Waals surface area (Å²) in [7, 11) is 3.00. The number of aryl methyl sites for hydroxylation is 2. The Labute approximate surface area is 195 Å². The van der Waals surface area contributed by atoms with E-state index in [-0.39, 0.29) is 17.4 Å². The SMILES string of the molecule is COC(=O)c1c2c(cc3c1CC1(C3)Cc3cc4c(c(C(=O)OC)c3C1)CCCC4)CCCC2. The van der Waals surface area contributed by atoms with Gasteiger partial charge >= 0.3 is 11.9 Å². The van der Waals surface area contributed by atoms with Crippen molar-refractivity contribution in [1.29, 1.82) is 0 Å². The van der Waals surface area contributed by atoms with E-state index < -0.39 is 0 Å². The zero-order chi connectivity index (χ0) is 22.7. The van der Waals surface area contributed by atoms with Crippen molar-refractivity contribution in [2.75, 3.05) is 14.2 Å². The molecule has 4 heteroatoms. The van der Waals surface area contributed by atoms with E-state index in [0.717, 1.165) is 75.3 Å². The van der Waals surface area contributed by atoms with Gasteiger partial charge in [0.05, 0.1) is 25.3 Å². The molecule has 0 aliphatic heterocycles.